The van der Waals surface area contributed by atoms with Crippen molar-refractivity contribution in [3.05, 3.63) is 24.2 Å². The van der Waals surface area contributed by atoms with Crippen LogP contribution in [0.1, 0.15) is 75.9 Å². The number of nitrogens with zero attached hydrogens (tertiary/aromatic N) is 6. The van der Waals surface area contributed by atoms with Crippen molar-refractivity contribution in [2.75, 3.05) is 24.5 Å². The molecule has 3 fully saturated rings. The van der Waals surface area contributed by atoms with Gasteiger partial charge in [0.2, 0.25) is 11.9 Å². The van der Waals surface area contributed by atoms with E-state index in [2.05, 4.69) is 14.8 Å². The van der Waals surface area contributed by atoms with Gasteiger partial charge in [0.05, 0.1) is 17.4 Å². The number of aromatic nitrogens is 4. The van der Waals surface area contributed by atoms with Crippen LogP contribution in [-0.4, -0.2) is 50.2 Å². The van der Waals surface area contributed by atoms with E-state index in [1.807, 2.05) is 30.2 Å². The van der Waals surface area contributed by atoms with E-state index < -0.39 is 0 Å². The summed E-state index contributed by atoms with van der Waals surface area (Å²) in [6.07, 6.45) is 15.3. The lowest BCUT2D eigenvalue weighted by molar-refractivity contribution is -0.133. The van der Waals surface area contributed by atoms with E-state index >= 15 is 0 Å². The van der Waals surface area contributed by atoms with Gasteiger partial charge in [-0.15, -0.1) is 0 Å². The predicted molar refractivity (Wildman–Crippen MR) is 121 cm³/mol. The van der Waals surface area contributed by atoms with Crippen molar-refractivity contribution in [1.82, 2.24) is 24.6 Å². The molecule has 4 heterocycles. The van der Waals surface area contributed by atoms with E-state index in [-0.39, 0.29) is 6.04 Å². The fourth-order valence-electron chi connectivity index (χ4n) is 5.62. The third-order valence-electron chi connectivity index (χ3n) is 7.24. The Bertz CT molecular complexity index is 913. The second-order valence-electron chi connectivity index (χ2n) is 9.49. The van der Waals surface area contributed by atoms with Crippen LogP contribution in [0.15, 0.2) is 18.5 Å². The number of hydrogen-bond donors (Lipinski definition) is 0. The van der Waals surface area contributed by atoms with Gasteiger partial charge in [0.25, 0.3) is 0 Å². The smallest absolute Gasteiger partial charge is 0.225 e. The van der Waals surface area contributed by atoms with Gasteiger partial charge < -0.3 is 9.80 Å². The van der Waals surface area contributed by atoms with Crippen LogP contribution in [0, 0.1) is 5.92 Å². The molecule has 3 aliphatic rings. The topological polar surface area (TPSA) is 67.2 Å². The highest BCUT2D eigenvalue weighted by Gasteiger charge is 2.35. The summed E-state index contributed by atoms with van der Waals surface area (Å²) in [5.41, 5.74) is 2.93. The number of hydrogen-bond acceptors (Lipinski definition) is 5. The van der Waals surface area contributed by atoms with E-state index in [4.69, 9.17) is 10.1 Å². The van der Waals surface area contributed by atoms with E-state index in [0.29, 0.717) is 18.2 Å². The molecule has 1 amide bonds. The maximum absolute atomic E-state index is 13.2. The minimum atomic E-state index is 0.0532. The lowest BCUT2D eigenvalue weighted by atomic mass is 9.86. The number of aryl methyl sites for hydroxylation is 1. The van der Waals surface area contributed by atoms with Crippen LogP contribution in [0.25, 0.3) is 11.3 Å². The number of carbonyl (C=O) groups excluding carboxylic acids is 1. The molecule has 31 heavy (non-hydrogen) atoms. The van der Waals surface area contributed by atoms with Crippen molar-refractivity contribution in [2.45, 2.75) is 70.3 Å². The molecule has 2 saturated heterocycles. The third kappa shape index (κ3) is 4.32. The number of anilines is 1. The Morgan fingerprint density at radius 3 is 2.65 bits per heavy atom. The van der Waals surface area contributed by atoms with Gasteiger partial charge in [-0.2, -0.15) is 5.10 Å². The number of carbonyl (C=O) groups is 1. The molecular weight excluding hydrogens is 388 g/mol. The van der Waals surface area contributed by atoms with E-state index in [9.17, 15) is 4.79 Å². The summed E-state index contributed by atoms with van der Waals surface area (Å²) in [5.74, 6) is 1.68. The molecule has 1 aliphatic carbocycles. The minimum absolute atomic E-state index is 0.0532. The number of likely N-dealkylation sites (tertiary alicyclic amines) is 1. The van der Waals surface area contributed by atoms with Crippen LogP contribution in [-0.2, 0) is 11.8 Å². The molecule has 0 spiro atoms. The molecule has 1 atom stereocenters. The summed E-state index contributed by atoms with van der Waals surface area (Å²) in [7, 11) is 1.96. The lowest BCUT2D eigenvalue weighted by Crippen LogP contribution is -2.32. The Morgan fingerprint density at radius 2 is 1.84 bits per heavy atom. The zero-order valence-corrected chi connectivity index (χ0v) is 18.7. The van der Waals surface area contributed by atoms with Gasteiger partial charge in [-0.05, 0) is 50.5 Å². The Labute approximate surface area is 184 Å². The fraction of sp³-hybridized carbons (Fsp3) is 0.667. The predicted octanol–water partition coefficient (Wildman–Crippen LogP) is 4.11. The zero-order valence-electron chi connectivity index (χ0n) is 18.7. The fourth-order valence-corrected chi connectivity index (χ4v) is 5.62. The molecule has 0 bridgehead atoms. The SMILES string of the molecule is Cn1cc(-c2ccnc(N3CCCC3)n2)c([C@@H]2CCCN2C(=O)CC2CCCCC2)n1. The first-order valence-electron chi connectivity index (χ1n) is 12.1. The second-order valence-corrected chi connectivity index (χ2v) is 9.49. The molecule has 2 aromatic heterocycles. The lowest BCUT2D eigenvalue weighted by Gasteiger charge is -2.28. The summed E-state index contributed by atoms with van der Waals surface area (Å²) >= 11 is 0. The highest BCUT2D eigenvalue weighted by molar-refractivity contribution is 5.78. The van der Waals surface area contributed by atoms with Gasteiger partial charge in [0.1, 0.15) is 0 Å². The molecule has 166 valence electrons. The van der Waals surface area contributed by atoms with E-state index in [0.717, 1.165) is 55.4 Å². The van der Waals surface area contributed by atoms with E-state index in [1.165, 1.54) is 44.9 Å². The molecule has 0 aromatic carbocycles. The van der Waals surface area contributed by atoms with Crippen molar-refractivity contribution in [2.24, 2.45) is 13.0 Å². The quantitative estimate of drug-likeness (QED) is 0.725. The maximum Gasteiger partial charge on any atom is 0.225 e. The van der Waals surface area contributed by atoms with Crippen LogP contribution in [0.3, 0.4) is 0 Å². The monoisotopic (exact) mass is 422 g/mol. The van der Waals surface area contributed by atoms with Crippen LogP contribution in [0.2, 0.25) is 0 Å². The molecule has 5 rings (SSSR count). The van der Waals surface area contributed by atoms with Crippen LogP contribution >= 0.6 is 0 Å². The van der Waals surface area contributed by atoms with Crippen molar-refractivity contribution in [1.29, 1.82) is 0 Å². The minimum Gasteiger partial charge on any atom is -0.341 e. The van der Waals surface area contributed by atoms with Gasteiger partial charge in [-0.1, -0.05) is 19.3 Å². The van der Waals surface area contributed by atoms with Gasteiger partial charge in [0, 0.05) is 51.1 Å². The molecule has 2 aromatic rings. The van der Waals surface area contributed by atoms with Crippen LogP contribution in [0.4, 0.5) is 5.95 Å². The second kappa shape index (κ2) is 8.97. The number of amides is 1. The highest BCUT2D eigenvalue weighted by atomic mass is 16.2. The molecule has 7 heteroatoms. The first-order chi connectivity index (χ1) is 15.2. The molecule has 1 saturated carbocycles. The summed E-state index contributed by atoms with van der Waals surface area (Å²) in [6.45, 7) is 2.89. The highest BCUT2D eigenvalue weighted by Crippen LogP contribution is 2.38. The van der Waals surface area contributed by atoms with Crippen molar-refractivity contribution >= 4 is 11.9 Å². The Balaban J connectivity index is 1.39. The Morgan fingerprint density at radius 1 is 1.03 bits per heavy atom. The molecule has 0 radical (unpaired) electrons. The normalized spacial score (nSPS) is 22.4. The Kier molecular flexibility index (Phi) is 5.92. The number of rotatable bonds is 5. The van der Waals surface area contributed by atoms with Crippen molar-refractivity contribution < 1.29 is 4.79 Å². The average Bonchev–Trinajstić information content (AvgIpc) is 3.55. The standard InChI is InChI=1S/C24H34N6O/c1-28-17-19(20-11-12-25-24(26-20)29-13-5-6-14-29)23(27-28)21-10-7-15-30(21)22(31)16-18-8-3-2-4-9-18/h11-12,17-18,21H,2-10,13-16H2,1H3/t21-/m0/s1. The van der Waals surface area contributed by atoms with Crippen molar-refractivity contribution in [3.63, 3.8) is 0 Å². The average molecular weight is 423 g/mol. The van der Waals surface area contributed by atoms with Crippen LogP contribution in [0.5, 0.6) is 0 Å². The van der Waals surface area contributed by atoms with Gasteiger partial charge in [-0.3, -0.25) is 9.48 Å². The largest absolute Gasteiger partial charge is 0.341 e. The van der Waals surface area contributed by atoms with Gasteiger partial charge in [-0.25, -0.2) is 9.97 Å². The van der Waals surface area contributed by atoms with E-state index in [1.54, 1.807) is 0 Å². The molecule has 0 unspecified atom stereocenters. The Hall–Kier alpha value is -2.44. The first kappa shape index (κ1) is 20.5. The molecular formula is C24H34N6O. The third-order valence-corrected chi connectivity index (χ3v) is 7.24. The molecule has 2 aliphatic heterocycles. The summed E-state index contributed by atoms with van der Waals surface area (Å²) in [5, 5.41) is 4.82. The van der Waals surface area contributed by atoms with Gasteiger partial charge in [0.15, 0.2) is 0 Å². The maximum atomic E-state index is 13.2. The zero-order chi connectivity index (χ0) is 21.2. The first-order valence-corrected chi connectivity index (χ1v) is 12.1. The summed E-state index contributed by atoms with van der Waals surface area (Å²) in [4.78, 5) is 27.0. The summed E-state index contributed by atoms with van der Waals surface area (Å²) in [6, 6.07) is 2.03. The van der Waals surface area contributed by atoms with Crippen molar-refractivity contribution in [3.8, 4) is 11.3 Å². The summed E-state index contributed by atoms with van der Waals surface area (Å²) < 4.78 is 1.87. The van der Waals surface area contributed by atoms with Gasteiger partial charge >= 0.3 is 0 Å². The molecule has 0 N–H and O–H groups in total. The molecule has 7 nitrogen and oxygen atoms in total. The van der Waals surface area contributed by atoms with Crippen LogP contribution < -0.4 is 4.90 Å².